The van der Waals surface area contributed by atoms with Crippen molar-refractivity contribution in [2.24, 2.45) is 0 Å². The molecule has 0 aromatic heterocycles. The van der Waals surface area contributed by atoms with Gasteiger partial charge in [-0.15, -0.1) is 0 Å². The number of nitrogens with zero attached hydrogens (tertiary/aromatic N) is 1. The van der Waals surface area contributed by atoms with Crippen LogP contribution >= 0.6 is 23.4 Å². The molecular weight excluding hydrogens is 322 g/mol. The zero-order valence-electron chi connectivity index (χ0n) is 10.8. The van der Waals surface area contributed by atoms with Gasteiger partial charge in [0, 0.05) is 23.1 Å². The number of thioether (sulfide) groups is 1. The molecule has 110 valence electrons. The number of ether oxygens (including phenoxy) is 1. The third-order valence-corrected chi connectivity index (χ3v) is 6.17. The van der Waals surface area contributed by atoms with Crippen molar-refractivity contribution in [2.75, 3.05) is 25.2 Å². The monoisotopic (exact) mass is 335 g/mol. The fraction of sp³-hybridized carbons (Fsp3) is 0.417. The Hall–Kier alpha value is -0.760. The molecule has 0 bridgehead atoms. The largest absolute Gasteiger partial charge is 0.468 e. The van der Waals surface area contributed by atoms with Crippen molar-refractivity contribution >= 4 is 39.4 Å². The third kappa shape index (κ3) is 3.11. The number of methoxy groups -OCH3 is 1. The molecule has 2 rings (SSSR count). The Balaban J connectivity index is 2.35. The average Bonchev–Trinajstić information content (AvgIpc) is 2.47. The lowest BCUT2D eigenvalue weighted by atomic mass is 10.3. The fourth-order valence-corrected chi connectivity index (χ4v) is 4.89. The molecule has 1 aliphatic heterocycles. The van der Waals surface area contributed by atoms with Gasteiger partial charge in [-0.25, -0.2) is 8.42 Å². The number of carbonyl (C=O) groups excluding carboxylic acids is 1. The minimum absolute atomic E-state index is 0.128. The van der Waals surface area contributed by atoms with E-state index in [-0.39, 0.29) is 11.4 Å². The van der Waals surface area contributed by atoms with Crippen LogP contribution in [0.4, 0.5) is 0 Å². The second-order valence-corrected chi connectivity index (χ2v) is 7.66. The maximum Gasteiger partial charge on any atom is 0.325 e. The summed E-state index contributed by atoms with van der Waals surface area (Å²) in [5, 5.41) is 0.461. The molecule has 0 saturated carbocycles. The van der Waals surface area contributed by atoms with Gasteiger partial charge in [-0.1, -0.05) is 11.6 Å². The molecule has 20 heavy (non-hydrogen) atoms. The van der Waals surface area contributed by atoms with Crippen molar-refractivity contribution in [3.63, 3.8) is 0 Å². The lowest BCUT2D eigenvalue weighted by Gasteiger charge is -2.32. The highest BCUT2D eigenvalue weighted by Crippen LogP contribution is 2.26. The maximum atomic E-state index is 12.6. The number of carbonyl (C=O) groups is 1. The summed E-state index contributed by atoms with van der Waals surface area (Å²) in [5.41, 5.74) is 0. The summed E-state index contributed by atoms with van der Waals surface area (Å²) in [5.74, 6) is 0.523. The first kappa shape index (κ1) is 15.6. The molecule has 0 aliphatic carbocycles. The summed E-state index contributed by atoms with van der Waals surface area (Å²) in [4.78, 5) is 11.9. The van der Waals surface area contributed by atoms with Crippen LogP contribution in [0.5, 0.6) is 0 Å². The van der Waals surface area contributed by atoms with Gasteiger partial charge < -0.3 is 4.74 Å². The van der Waals surface area contributed by atoms with Gasteiger partial charge in [0.25, 0.3) is 0 Å². The molecule has 1 saturated heterocycles. The lowest BCUT2D eigenvalue weighted by Crippen LogP contribution is -2.50. The lowest BCUT2D eigenvalue weighted by molar-refractivity contribution is -0.144. The number of halogens is 1. The molecule has 1 aliphatic rings. The average molecular weight is 336 g/mol. The second-order valence-electron chi connectivity index (χ2n) is 4.18. The Bertz CT molecular complexity index is 588. The molecule has 1 aromatic carbocycles. The van der Waals surface area contributed by atoms with Crippen LogP contribution in [0.2, 0.25) is 5.02 Å². The Kier molecular flexibility index (Phi) is 4.95. The first-order valence-corrected chi connectivity index (χ1v) is 8.87. The standard InChI is InChI=1S/C12H14ClNO4S2/c1-18-12(15)11-8-19-7-6-14(11)20(16,17)10-4-2-9(13)3-5-10/h2-5,11H,6-8H2,1H3. The zero-order chi connectivity index (χ0) is 14.8. The van der Waals surface area contributed by atoms with Crippen molar-refractivity contribution in [3.05, 3.63) is 29.3 Å². The van der Waals surface area contributed by atoms with Crippen LogP contribution < -0.4 is 0 Å². The highest BCUT2D eigenvalue weighted by Gasteiger charge is 2.38. The molecular formula is C12H14ClNO4S2. The van der Waals surface area contributed by atoms with Crippen LogP contribution in [-0.2, 0) is 19.6 Å². The van der Waals surface area contributed by atoms with Crippen LogP contribution in [0.3, 0.4) is 0 Å². The number of hydrogen-bond donors (Lipinski definition) is 0. The Labute approximate surface area is 127 Å². The molecule has 1 fully saturated rings. The van der Waals surface area contributed by atoms with Gasteiger partial charge in [-0.05, 0) is 24.3 Å². The van der Waals surface area contributed by atoms with Gasteiger partial charge in [0.1, 0.15) is 6.04 Å². The summed E-state index contributed by atoms with van der Waals surface area (Å²) >= 11 is 7.30. The van der Waals surface area contributed by atoms with E-state index in [1.165, 1.54) is 47.4 Å². The highest BCUT2D eigenvalue weighted by molar-refractivity contribution is 7.99. The summed E-state index contributed by atoms with van der Waals surface area (Å²) in [6, 6.07) is 5.13. The molecule has 8 heteroatoms. The molecule has 0 radical (unpaired) electrons. The fourth-order valence-electron chi connectivity index (χ4n) is 1.94. The van der Waals surface area contributed by atoms with Crippen LogP contribution in [-0.4, -0.2) is 49.9 Å². The molecule has 1 aromatic rings. The van der Waals surface area contributed by atoms with E-state index < -0.39 is 22.0 Å². The first-order valence-electron chi connectivity index (χ1n) is 5.90. The molecule has 1 heterocycles. The van der Waals surface area contributed by atoms with Crippen molar-refractivity contribution in [1.29, 1.82) is 0 Å². The van der Waals surface area contributed by atoms with Crippen molar-refractivity contribution < 1.29 is 17.9 Å². The molecule has 0 N–H and O–H groups in total. The smallest absolute Gasteiger partial charge is 0.325 e. The Morgan fingerprint density at radius 1 is 1.40 bits per heavy atom. The van der Waals surface area contributed by atoms with Crippen molar-refractivity contribution in [2.45, 2.75) is 10.9 Å². The number of rotatable bonds is 3. The van der Waals surface area contributed by atoms with Crippen LogP contribution in [0.15, 0.2) is 29.2 Å². The third-order valence-electron chi connectivity index (χ3n) is 2.97. The second kappa shape index (κ2) is 6.34. The summed E-state index contributed by atoms with van der Waals surface area (Å²) in [6.07, 6.45) is 0. The zero-order valence-corrected chi connectivity index (χ0v) is 13.2. The molecule has 0 amide bonds. The van der Waals surface area contributed by atoms with E-state index >= 15 is 0 Å². The molecule has 1 atom stereocenters. The predicted molar refractivity (Wildman–Crippen MR) is 78.5 cm³/mol. The van der Waals surface area contributed by atoms with E-state index in [2.05, 4.69) is 0 Å². The maximum absolute atomic E-state index is 12.6. The SMILES string of the molecule is COC(=O)C1CSCCN1S(=O)(=O)c1ccc(Cl)cc1. The van der Waals surface area contributed by atoms with E-state index in [9.17, 15) is 13.2 Å². The van der Waals surface area contributed by atoms with E-state index in [4.69, 9.17) is 16.3 Å². The van der Waals surface area contributed by atoms with Crippen LogP contribution in [0.25, 0.3) is 0 Å². The van der Waals surface area contributed by atoms with Gasteiger partial charge in [0.05, 0.1) is 12.0 Å². The predicted octanol–water partition coefficient (Wildman–Crippen LogP) is 1.62. The van der Waals surface area contributed by atoms with Gasteiger partial charge >= 0.3 is 5.97 Å². The minimum Gasteiger partial charge on any atom is -0.468 e. The molecule has 5 nitrogen and oxygen atoms in total. The first-order chi connectivity index (χ1) is 9.46. The summed E-state index contributed by atoms with van der Waals surface area (Å²) in [6.45, 7) is 0.287. The van der Waals surface area contributed by atoms with Crippen molar-refractivity contribution in [1.82, 2.24) is 4.31 Å². The van der Waals surface area contributed by atoms with Gasteiger partial charge in [-0.2, -0.15) is 16.1 Å². The quantitative estimate of drug-likeness (QED) is 0.785. The summed E-state index contributed by atoms with van der Waals surface area (Å²) in [7, 11) is -2.46. The van der Waals surface area contributed by atoms with E-state index in [0.29, 0.717) is 16.5 Å². The number of sulfonamides is 1. The van der Waals surface area contributed by atoms with Crippen LogP contribution in [0, 0.1) is 0 Å². The van der Waals surface area contributed by atoms with E-state index in [1.54, 1.807) is 0 Å². The number of esters is 1. The number of hydrogen-bond acceptors (Lipinski definition) is 5. The van der Waals surface area contributed by atoms with Gasteiger partial charge in [0.15, 0.2) is 0 Å². The van der Waals surface area contributed by atoms with Gasteiger partial charge in [-0.3, -0.25) is 4.79 Å². The van der Waals surface area contributed by atoms with E-state index in [1.807, 2.05) is 0 Å². The highest BCUT2D eigenvalue weighted by atomic mass is 35.5. The van der Waals surface area contributed by atoms with E-state index in [0.717, 1.165) is 0 Å². The Morgan fingerprint density at radius 3 is 2.65 bits per heavy atom. The Morgan fingerprint density at radius 2 is 2.05 bits per heavy atom. The minimum atomic E-state index is -3.72. The van der Waals surface area contributed by atoms with Crippen molar-refractivity contribution in [3.8, 4) is 0 Å². The molecule has 0 spiro atoms. The van der Waals surface area contributed by atoms with Crippen LogP contribution in [0.1, 0.15) is 0 Å². The summed E-state index contributed by atoms with van der Waals surface area (Å²) < 4.78 is 31.1. The normalized spacial score (nSPS) is 20.6. The molecule has 1 unspecified atom stereocenters. The topological polar surface area (TPSA) is 63.7 Å². The van der Waals surface area contributed by atoms with Gasteiger partial charge in [0.2, 0.25) is 10.0 Å². The number of benzene rings is 1.